The van der Waals surface area contributed by atoms with Crippen LogP contribution < -0.4 is 4.89 Å². The molecule has 0 bridgehead atoms. The van der Waals surface area contributed by atoms with E-state index < -0.39 is 32.5 Å². The van der Waals surface area contributed by atoms with Crippen LogP contribution in [-0.2, 0) is 32.7 Å². The molecule has 0 N–H and O–H groups in total. The van der Waals surface area contributed by atoms with Gasteiger partial charge in [0.05, 0.1) is 27.7 Å². The third kappa shape index (κ3) is 46.7. The Morgan fingerprint density at radius 3 is 1.35 bits per heavy atom. The number of carbonyl (C=O) groups is 2. The summed E-state index contributed by atoms with van der Waals surface area (Å²) in [5, 5.41) is 0. The first-order valence-corrected chi connectivity index (χ1v) is 25.8. The lowest BCUT2D eigenvalue weighted by molar-refractivity contribution is -0.870. The molecule has 0 aromatic carbocycles. The van der Waals surface area contributed by atoms with Crippen molar-refractivity contribution in [2.24, 2.45) is 0 Å². The summed E-state index contributed by atoms with van der Waals surface area (Å²) in [7, 11) is 1.12. The number of unbranched alkanes of at least 4 members (excludes halogenated alkanes) is 15. The Kier molecular flexibility index (Phi) is 41.5. The van der Waals surface area contributed by atoms with E-state index in [1.54, 1.807) is 0 Å². The second-order valence-electron chi connectivity index (χ2n) is 17.1. The second-order valence-corrected chi connectivity index (χ2v) is 18.5. The Morgan fingerprint density at radius 2 is 0.919 bits per heavy atom. The maximum absolute atomic E-state index is 12.7. The summed E-state index contributed by atoms with van der Waals surface area (Å²) in [6, 6.07) is 0. The van der Waals surface area contributed by atoms with Gasteiger partial charge >= 0.3 is 11.9 Å². The molecule has 356 valence electrons. The average molecular weight is 888 g/mol. The summed E-state index contributed by atoms with van der Waals surface area (Å²) < 4.78 is 33.9. The van der Waals surface area contributed by atoms with Gasteiger partial charge in [-0.2, -0.15) is 0 Å². The number of esters is 2. The Labute approximate surface area is 380 Å². The van der Waals surface area contributed by atoms with Gasteiger partial charge in [0.25, 0.3) is 7.82 Å². The van der Waals surface area contributed by atoms with Crippen molar-refractivity contribution in [1.82, 2.24) is 0 Å². The highest BCUT2D eigenvalue weighted by molar-refractivity contribution is 7.45. The van der Waals surface area contributed by atoms with Crippen molar-refractivity contribution in [3.63, 3.8) is 0 Å². The van der Waals surface area contributed by atoms with Crippen LogP contribution in [0.5, 0.6) is 0 Å². The lowest BCUT2D eigenvalue weighted by Gasteiger charge is -2.28. The number of phosphoric ester groups is 1. The van der Waals surface area contributed by atoms with E-state index in [9.17, 15) is 19.0 Å². The van der Waals surface area contributed by atoms with Crippen molar-refractivity contribution in [2.45, 2.75) is 187 Å². The minimum atomic E-state index is -4.65. The number of quaternary nitrogens is 1. The predicted molar refractivity (Wildman–Crippen MR) is 259 cm³/mol. The summed E-state index contributed by atoms with van der Waals surface area (Å²) in [4.78, 5) is 37.6. The summed E-state index contributed by atoms with van der Waals surface area (Å²) in [6.45, 7) is 4.04. The lowest BCUT2D eigenvalue weighted by Crippen LogP contribution is -2.37. The van der Waals surface area contributed by atoms with Crippen molar-refractivity contribution in [3.05, 3.63) is 85.1 Å². The van der Waals surface area contributed by atoms with Gasteiger partial charge in [0.15, 0.2) is 6.10 Å². The first kappa shape index (κ1) is 59.2. The normalized spacial score (nSPS) is 14.2. The molecule has 0 aliphatic carbocycles. The molecule has 10 heteroatoms. The van der Waals surface area contributed by atoms with Gasteiger partial charge in [-0.15, -0.1) is 0 Å². The summed E-state index contributed by atoms with van der Waals surface area (Å²) >= 11 is 0. The molecule has 0 rings (SSSR count). The van der Waals surface area contributed by atoms with Gasteiger partial charge in [-0.1, -0.05) is 189 Å². The molecular formula is C52H90NO8P. The fourth-order valence-electron chi connectivity index (χ4n) is 6.17. The van der Waals surface area contributed by atoms with Crippen molar-refractivity contribution >= 4 is 19.8 Å². The molecule has 0 heterocycles. The number of rotatable bonds is 43. The van der Waals surface area contributed by atoms with Gasteiger partial charge < -0.3 is 27.9 Å². The summed E-state index contributed by atoms with van der Waals surface area (Å²) in [6.07, 6.45) is 56.2. The first-order valence-electron chi connectivity index (χ1n) is 24.3. The molecular weight excluding hydrogens is 798 g/mol. The highest BCUT2D eigenvalue weighted by atomic mass is 31.2. The number of carbonyl (C=O) groups excluding carboxylic acids is 2. The van der Waals surface area contributed by atoms with E-state index in [1.807, 2.05) is 27.2 Å². The fraction of sp³-hybridized carbons (Fsp3) is 0.692. The van der Waals surface area contributed by atoms with Crippen LogP contribution in [0, 0.1) is 0 Å². The SMILES string of the molecule is CC/C=C\C/C=C\C/C=C\C/C=C\C/C=C\C/C=C\C/C=C\CCCC(=O)OC(COC(=O)CCCCCCCCCCCCCCCCC)COP(=O)([O-])OCC[N+](C)(C)C. The van der Waals surface area contributed by atoms with E-state index in [2.05, 4.69) is 92.8 Å². The maximum Gasteiger partial charge on any atom is 0.306 e. The van der Waals surface area contributed by atoms with Crippen LogP contribution in [-0.4, -0.2) is 70.0 Å². The summed E-state index contributed by atoms with van der Waals surface area (Å²) in [5.74, 6) is -0.906. The van der Waals surface area contributed by atoms with E-state index >= 15 is 0 Å². The molecule has 0 aliphatic rings. The van der Waals surface area contributed by atoms with E-state index in [1.165, 1.54) is 77.0 Å². The van der Waals surface area contributed by atoms with E-state index in [-0.39, 0.29) is 26.1 Å². The lowest BCUT2D eigenvalue weighted by atomic mass is 10.0. The molecule has 0 fully saturated rings. The smallest absolute Gasteiger partial charge is 0.306 e. The van der Waals surface area contributed by atoms with Crippen LogP contribution in [0.15, 0.2) is 85.1 Å². The van der Waals surface area contributed by atoms with Crippen LogP contribution in [0.1, 0.15) is 181 Å². The zero-order chi connectivity index (χ0) is 45.7. The topological polar surface area (TPSA) is 111 Å². The van der Waals surface area contributed by atoms with E-state index in [0.717, 1.165) is 64.2 Å². The van der Waals surface area contributed by atoms with Crippen LogP contribution in [0.2, 0.25) is 0 Å². The van der Waals surface area contributed by atoms with Crippen molar-refractivity contribution in [2.75, 3.05) is 47.5 Å². The number of nitrogens with zero attached hydrogens (tertiary/aromatic N) is 1. The predicted octanol–water partition coefficient (Wildman–Crippen LogP) is 13.7. The number of ether oxygens (including phenoxy) is 2. The summed E-state index contributed by atoms with van der Waals surface area (Å²) in [5.41, 5.74) is 0. The van der Waals surface area contributed by atoms with Gasteiger partial charge in [-0.3, -0.25) is 14.2 Å². The van der Waals surface area contributed by atoms with Crippen LogP contribution in [0.25, 0.3) is 0 Å². The maximum atomic E-state index is 12.7. The van der Waals surface area contributed by atoms with Crippen molar-refractivity contribution in [3.8, 4) is 0 Å². The molecule has 2 atom stereocenters. The molecule has 9 nitrogen and oxygen atoms in total. The number of allylic oxidation sites excluding steroid dienone is 14. The molecule has 0 saturated carbocycles. The van der Waals surface area contributed by atoms with E-state index in [0.29, 0.717) is 23.9 Å². The first-order chi connectivity index (χ1) is 30.0. The van der Waals surface area contributed by atoms with Gasteiger partial charge in [0.1, 0.15) is 19.8 Å². The standard InChI is InChI=1S/C52H90NO8P/c1-6-8-10-12-14-16-18-20-22-23-24-25-26-27-28-29-31-33-35-37-39-41-43-45-52(55)61-50(49-60-62(56,57)59-47-46-53(3,4)5)48-58-51(54)44-42-40-38-36-34-32-30-21-19-17-15-13-11-9-7-2/h8,10,14,16,20,22,24-25,27-28,31,33,37,39,50H,6-7,9,11-13,15,17-19,21,23,26,29-30,32,34-36,38,40-49H2,1-5H3/b10-8-,16-14-,22-20-,25-24-,28-27-,33-31-,39-37-. The average Bonchev–Trinajstić information content (AvgIpc) is 3.23. The molecule has 0 saturated heterocycles. The van der Waals surface area contributed by atoms with Gasteiger partial charge in [-0.05, 0) is 64.2 Å². The zero-order valence-corrected chi connectivity index (χ0v) is 40.9. The highest BCUT2D eigenvalue weighted by Crippen LogP contribution is 2.38. The monoisotopic (exact) mass is 888 g/mol. The fourth-order valence-corrected chi connectivity index (χ4v) is 6.90. The van der Waals surface area contributed by atoms with Crippen LogP contribution in [0.4, 0.5) is 0 Å². The number of hydrogen-bond donors (Lipinski definition) is 0. The molecule has 0 aromatic heterocycles. The van der Waals surface area contributed by atoms with Crippen molar-refractivity contribution < 1.29 is 42.1 Å². The second kappa shape index (κ2) is 43.4. The Bertz CT molecular complexity index is 1330. The molecule has 0 amide bonds. The Morgan fingerprint density at radius 1 is 0.516 bits per heavy atom. The molecule has 0 spiro atoms. The quantitative estimate of drug-likeness (QED) is 0.0196. The van der Waals surface area contributed by atoms with Gasteiger partial charge in [-0.25, -0.2) is 0 Å². The molecule has 62 heavy (non-hydrogen) atoms. The third-order valence-electron chi connectivity index (χ3n) is 9.93. The molecule has 0 aliphatic heterocycles. The minimum Gasteiger partial charge on any atom is -0.756 e. The van der Waals surface area contributed by atoms with Gasteiger partial charge in [0, 0.05) is 12.8 Å². The number of likely N-dealkylation sites (N-methyl/N-ethyl adjacent to an activating group) is 1. The largest absolute Gasteiger partial charge is 0.756 e. The Hall–Kier alpha value is -2.81. The minimum absolute atomic E-state index is 0.0451. The van der Waals surface area contributed by atoms with Crippen molar-refractivity contribution in [1.29, 1.82) is 0 Å². The number of hydrogen-bond acceptors (Lipinski definition) is 8. The highest BCUT2D eigenvalue weighted by Gasteiger charge is 2.21. The molecule has 0 radical (unpaired) electrons. The molecule has 2 unspecified atom stereocenters. The molecule has 0 aromatic rings. The number of phosphoric acid groups is 1. The zero-order valence-electron chi connectivity index (χ0n) is 40.0. The van der Waals surface area contributed by atoms with Gasteiger partial charge in [0.2, 0.25) is 0 Å². The van der Waals surface area contributed by atoms with Crippen LogP contribution in [0.3, 0.4) is 0 Å². The Balaban J connectivity index is 4.42. The third-order valence-corrected chi connectivity index (χ3v) is 10.9. The van der Waals surface area contributed by atoms with Crippen LogP contribution >= 0.6 is 7.82 Å². The van der Waals surface area contributed by atoms with E-state index in [4.69, 9.17) is 18.5 Å².